The zero-order valence-corrected chi connectivity index (χ0v) is 12.1. The highest BCUT2D eigenvalue weighted by molar-refractivity contribution is 5.56. The molecule has 0 aliphatic heterocycles. The number of anilines is 1. The van der Waals surface area contributed by atoms with Crippen LogP contribution < -0.4 is 5.32 Å². The Hall–Kier alpha value is -1.91. The molecule has 2 aromatic rings. The molecule has 2 heterocycles. The van der Waals surface area contributed by atoms with E-state index in [1.807, 2.05) is 24.6 Å². The van der Waals surface area contributed by atoms with Crippen LogP contribution in [-0.4, -0.2) is 26.3 Å². The maximum Gasteiger partial charge on any atom is 0.180 e. The Kier molecular flexibility index (Phi) is 4.14. The minimum absolute atomic E-state index is 0.737. The second-order valence-electron chi connectivity index (χ2n) is 4.57. The topological polar surface area (TPSA) is 55.6 Å². The highest BCUT2D eigenvalue weighted by Crippen LogP contribution is 2.21. The third-order valence-electron chi connectivity index (χ3n) is 3.18. The number of hydrogen-bond acceptors (Lipinski definition) is 4. The van der Waals surface area contributed by atoms with Crippen molar-refractivity contribution in [2.45, 2.75) is 40.7 Å². The van der Waals surface area contributed by atoms with Gasteiger partial charge in [-0.15, -0.1) is 0 Å². The standard InChI is InChI=1S/C14H21N5/c1-5-8-15-13-10(3)11(4)17-14(18-13)12-7-9-16-19(12)6-2/h7,9H,5-6,8H2,1-4H3,(H,15,17,18). The lowest BCUT2D eigenvalue weighted by Crippen LogP contribution is -2.09. The number of aryl methyl sites for hydroxylation is 2. The lowest BCUT2D eigenvalue weighted by Gasteiger charge is -2.12. The fourth-order valence-electron chi connectivity index (χ4n) is 1.93. The summed E-state index contributed by atoms with van der Waals surface area (Å²) in [4.78, 5) is 9.22. The van der Waals surface area contributed by atoms with Gasteiger partial charge in [0.2, 0.25) is 0 Å². The van der Waals surface area contributed by atoms with Crippen LogP contribution >= 0.6 is 0 Å². The molecule has 0 aliphatic carbocycles. The van der Waals surface area contributed by atoms with E-state index in [0.717, 1.165) is 48.1 Å². The second-order valence-corrected chi connectivity index (χ2v) is 4.57. The monoisotopic (exact) mass is 259 g/mol. The summed E-state index contributed by atoms with van der Waals surface area (Å²) in [6.45, 7) is 10.0. The van der Waals surface area contributed by atoms with Crippen molar-refractivity contribution >= 4 is 5.82 Å². The van der Waals surface area contributed by atoms with Gasteiger partial charge < -0.3 is 5.32 Å². The average Bonchev–Trinajstić information content (AvgIpc) is 2.88. The largest absolute Gasteiger partial charge is 0.370 e. The molecule has 0 bridgehead atoms. The van der Waals surface area contributed by atoms with E-state index < -0.39 is 0 Å². The minimum Gasteiger partial charge on any atom is -0.370 e. The summed E-state index contributed by atoms with van der Waals surface area (Å²) in [6.07, 6.45) is 2.86. The van der Waals surface area contributed by atoms with Crippen molar-refractivity contribution < 1.29 is 0 Å². The summed E-state index contributed by atoms with van der Waals surface area (Å²) in [5.74, 6) is 1.66. The van der Waals surface area contributed by atoms with Crippen molar-refractivity contribution in [3.8, 4) is 11.5 Å². The van der Waals surface area contributed by atoms with Crippen LogP contribution in [0.5, 0.6) is 0 Å². The Bertz CT molecular complexity index is 559. The van der Waals surface area contributed by atoms with E-state index in [4.69, 9.17) is 0 Å². The average molecular weight is 259 g/mol. The number of nitrogens with zero attached hydrogens (tertiary/aromatic N) is 4. The first-order valence-electron chi connectivity index (χ1n) is 6.78. The predicted octanol–water partition coefficient (Wildman–Crippen LogP) is 2.80. The van der Waals surface area contributed by atoms with Gasteiger partial charge in [-0.1, -0.05) is 6.92 Å². The summed E-state index contributed by atoms with van der Waals surface area (Å²) in [7, 11) is 0. The maximum absolute atomic E-state index is 4.64. The highest BCUT2D eigenvalue weighted by atomic mass is 15.3. The van der Waals surface area contributed by atoms with Crippen molar-refractivity contribution in [2.75, 3.05) is 11.9 Å². The van der Waals surface area contributed by atoms with Crippen molar-refractivity contribution in [3.05, 3.63) is 23.5 Å². The van der Waals surface area contributed by atoms with E-state index in [9.17, 15) is 0 Å². The molecule has 19 heavy (non-hydrogen) atoms. The van der Waals surface area contributed by atoms with Gasteiger partial charge in [0.05, 0.1) is 0 Å². The van der Waals surface area contributed by atoms with E-state index >= 15 is 0 Å². The summed E-state index contributed by atoms with van der Waals surface area (Å²) < 4.78 is 1.91. The fourth-order valence-corrected chi connectivity index (χ4v) is 1.93. The van der Waals surface area contributed by atoms with Crippen LogP contribution in [0, 0.1) is 13.8 Å². The Morgan fingerprint density at radius 1 is 1.21 bits per heavy atom. The molecular weight excluding hydrogens is 238 g/mol. The van der Waals surface area contributed by atoms with Gasteiger partial charge in [-0.05, 0) is 33.3 Å². The first kappa shape index (κ1) is 13.5. The fraction of sp³-hybridized carbons (Fsp3) is 0.500. The molecule has 0 atom stereocenters. The number of nitrogens with one attached hydrogen (secondary N) is 1. The van der Waals surface area contributed by atoms with Crippen molar-refractivity contribution in [1.82, 2.24) is 19.7 Å². The molecule has 0 radical (unpaired) electrons. The summed E-state index contributed by atoms with van der Waals surface area (Å²) in [5.41, 5.74) is 3.08. The summed E-state index contributed by atoms with van der Waals surface area (Å²) >= 11 is 0. The normalized spacial score (nSPS) is 10.7. The molecule has 0 aliphatic rings. The van der Waals surface area contributed by atoms with Crippen LogP contribution in [0.25, 0.3) is 11.5 Å². The zero-order chi connectivity index (χ0) is 13.8. The van der Waals surface area contributed by atoms with Gasteiger partial charge in [0.15, 0.2) is 5.82 Å². The quantitative estimate of drug-likeness (QED) is 0.897. The first-order chi connectivity index (χ1) is 9.17. The molecule has 2 rings (SSSR count). The van der Waals surface area contributed by atoms with Gasteiger partial charge in [-0.25, -0.2) is 9.97 Å². The Balaban J connectivity index is 2.44. The molecule has 102 valence electrons. The van der Waals surface area contributed by atoms with Crippen LogP contribution in [0.3, 0.4) is 0 Å². The number of aromatic nitrogens is 4. The van der Waals surface area contributed by atoms with E-state index in [1.165, 1.54) is 0 Å². The summed E-state index contributed by atoms with van der Waals surface area (Å²) in [6, 6.07) is 1.96. The molecule has 0 saturated heterocycles. The molecule has 0 aromatic carbocycles. The van der Waals surface area contributed by atoms with Crippen LogP contribution in [0.1, 0.15) is 31.5 Å². The van der Waals surface area contributed by atoms with Crippen molar-refractivity contribution in [2.24, 2.45) is 0 Å². The van der Waals surface area contributed by atoms with E-state index in [2.05, 4.69) is 34.2 Å². The number of hydrogen-bond donors (Lipinski definition) is 1. The van der Waals surface area contributed by atoms with Crippen molar-refractivity contribution in [1.29, 1.82) is 0 Å². The van der Waals surface area contributed by atoms with Gasteiger partial charge in [0, 0.05) is 30.5 Å². The second kappa shape index (κ2) is 5.82. The smallest absolute Gasteiger partial charge is 0.180 e. The van der Waals surface area contributed by atoms with Crippen LogP contribution in [0.4, 0.5) is 5.82 Å². The SMILES string of the molecule is CCCNc1nc(-c2ccnn2CC)nc(C)c1C. The Morgan fingerprint density at radius 2 is 2.00 bits per heavy atom. The molecule has 0 unspecified atom stereocenters. The molecule has 5 heteroatoms. The first-order valence-corrected chi connectivity index (χ1v) is 6.78. The molecule has 1 N–H and O–H groups in total. The third kappa shape index (κ3) is 2.75. The maximum atomic E-state index is 4.64. The van der Waals surface area contributed by atoms with Crippen LogP contribution in [0.15, 0.2) is 12.3 Å². The zero-order valence-electron chi connectivity index (χ0n) is 12.1. The van der Waals surface area contributed by atoms with Gasteiger partial charge in [-0.3, -0.25) is 4.68 Å². The molecule has 5 nitrogen and oxygen atoms in total. The van der Waals surface area contributed by atoms with Gasteiger partial charge in [0.1, 0.15) is 11.5 Å². The molecule has 0 fully saturated rings. The molecule has 0 saturated carbocycles. The third-order valence-corrected chi connectivity index (χ3v) is 3.18. The predicted molar refractivity (Wildman–Crippen MR) is 77.2 cm³/mol. The van der Waals surface area contributed by atoms with E-state index in [1.54, 1.807) is 6.20 Å². The molecule has 0 spiro atoms. The van der Waals surface area contributed by atoms with Gasteiger partial charge in [-0.2, -0.15) is 5.10 Å². The number of rotatable bonds is 5. The molecule has 2 aromatic heterocycles. The van der Waals surface area contributed by atoms with Gasteiger partial charge in [0.25, 0.3) is 0 Å². The Labute approximate surface area is 114 Å². The summed E-state index contributed by atoms with van der Waals surface area (Å²) in [5, 5.41) is 7.63. The minimum atomic E-state index is 0.737. The Morgan fingerprint density at radius 3 is 2.68 bits per heavy atom. The molecule has 0 amide bonds. The van der Waals surface area contributed by atoms with Gasteiger partial charge >= 0.3 is 0 Å². The van der Waals surface area contributed by atoms with Crippen LogP contribution in [-0.2, 0) is 6.54 Å². The lowest BCUT2D eigenvalue weighted by molar-refractivity contribution is 0.663. The lowest BCUT2D eigenvalue weighted by atomic mass is 10.2. The van der Waals surface area contributed by atoms with Crippen molar-refractivity contribution in [3.63, 3.8) is 0 Å². The van der Waals surface area contributed by atoms with E-state index in [-0.39, 0.29) is 0 Å². The highest BCUT2D eigenvalue weighted by Gasteiger charge is 2.12. The molecular formula is C14H21N5. The van der Waals surface area contributed by atoms with Crippen LogP contribution in [0.2, 0.25) is 0 Å². The van der Waals surface area contributed by atoms with E-state index in [0.29, 0.717) is 0 Å².